The average Bonchev–Trinajstić information content (AvgIpc) is 2.29. The minimum Gasteiger partial charge on any atom is -0.394 e. The second kappa shape index (κ2) is 6.36. The molecule has 0 fully saturated rings. The maximum Gasteiger partial charge on any atom is 0.355 e. The summed E-state index contributed by atoms with van der Waals surface area (Å²) in [7, 11) is -1.87. The minimum atomic E-state index is -1.87. The number of hydrogen-bond acceptors (Lipinski definition) is 4. The molecule has 88 valence electrons. The van der Waals surface area contributed by atoms with E-state index in [9.17, 15) is 10.1 Å². The lowest BCUT2D eigenvalue weighted by molar-refractivity contribution is -0.384. The summed E-state index contributed by atoms with van der Waals surface area (Å²) in [5.74, 6) is 0. The van der Waals surface area contributed by atoms with E-state index >= 15 is 0 Å². The number of nitro benzene ring substituents is 1. The maximum atomic E-state index is 10.5. The Kier molecular flexibility index (Phi) is 5.10. The first kappa shape index (κ1) is 12.8. The average molecular weight is 241 g/mol. The monoisotopic (exact) mass is 241 g/mol. The van der Waals surface area contributed by atoms with Gasteiger partial charge in [-0.05, 0) is 19.0 Å². The van der Waals surface area contributed by atoms with Crippen molar-refractivity contribution in [2.75, 3.05) is 13.2 Å². The summed E-state index contributed by atoms with van der Waals surface area (Å²) in [5.41, 5.74) is 0.0875. The highest BCUT2D eigenvalue weighted by Gasteiger charge is 2.16. The SMILES string of the molecule is CCO[SiH](OCC)c1ccc([N+](=O)[O-])cc1. The molecule has 1 rings (SSSR count). The molecule has 0 saturated carbocycles. The third kappa shape index (κ3) is 3.40. The van der Waals surface area contributed by atoms with Crippen molar-refractivity contribution < 1.29 is 13.8 Å². The molecule has 0 radical (unpaired) electrons. The van der Waals surface area contributed by atoms with Crippen LogP contribution in [0.1, 0.15) is 13.8 Å². The number of hydrogen-bond donors (Lipinski definition) is 0. The van der Waals surface area contributed by atoms with Gasteiger partial charge in [-0.3, -0.25) is 10.1 Å². The van der Waals surface area contributed by atoms with Crippen molar-refractivity contribution in [1.82, 2.24) is 0 Å². The van der Waals surface area contributed by atoms with Crippen molar-refractivity contribution in [2.45, 2.75) is 13.8 Å². The van der Waals surface area contributed by atoms with Crippen LogP contribution in [0, 0.1) is 10.1 Å². The van der Waals surface area contributed by atoms with E-state index in [1.165, 1.54) is 12.1 Å². The predicted octanol–water partition coefficient (Wildman–Crippen LogP) is 1.10. The fourth-order valence-electron chi connectivity index (χ4n) is 1.30. The second-order valence-corrected chi connectivity index (χ2v) is 5.09. The van der Waals surface area contributed by atoms with Gasteiger partial charge in [0.2, 0.25) is 0 Å². The van der Waals surface area contributed by atoms with Gasteiger partial charge in [-0.2, -0.15) is 0 Å². The molecule has 0 amide bonds. The highest BCUT2D eigenvalue weighted by atomic mass is 28.3. The molecule has 0 unspecified atom stereocenters. The van der Waals surface area contributed by atoms with E-state index in [0.717, 1.165) is 5.19 Å². The topological polar surface area (TPSA) is 61.6 Å². The molecule has 6 heteroatoms. The summed E-state index contributed by atoms with van der Waals surface area (Å²) in [6.45, 7) is 5.00. The fraction of sp³-hybridized carbons (Fsp3) is 0.400. The number of nitro groups is 1. The van der Waals surface area contributed by atoms with Crippen LogP contribution in [-0.2, 0) is 8.85 Å². The first-order valence-electron chi connectivity index (χ1n) is 5.16. The molecule has 16 heavy (non-hydrogen) atoms. The smallest absolute Gasteiger partial charge is 0.355 e. The lowest BCUT2D eigenvalue weighted by Crippen LogP contribution is -2.36. The van der Waals surface area contributed by atoms with Crippen LogP contribution in [0.2, 0.25) is 0 Å². The summed E-state index contributed by atoms with van der Waals surface area (Å²) < 4.78 is 11.0. The van der Waals surface area contributed by atoms with Crippen molar-refractivity contribution in [3.8, 4) is 0 Å². The Bertz CT molecular complexity index is 335. The zero-order chi connectivity index (χ0) is 12.0. The zero-order valence-electron chi connectivity index (χ0n) is 9.38. The number of benzene rings is 1. The maximum absolute atomic E-state index is 10.5. The standard InChI is InChI=1S/C10H15NO4Si/c1-3-14-16(15-4-2)10-7-5-9(6-8-10)11(12)13/h5-8,16H,3-4H2,1-2H3. The zero-order valence-corrected chi connectivity index (χ0v) is 10.5. The normalized spacial score (nSPS) is 10.7. The Hall–Kier alpha value is -1.24. The van der Waals surface area contributed by atoms with E-state index in [0.29, 0.717) is 13.2 Å². The van der Waals surface area contributed by atoms with Gasteiger partial charge in [-0.25, -0.2) is 0 Å². The summed E-state index contributed by atoms with van der Waals surface area (Å²) >= 11 is 0. The van der Waals surface area contributed by atoms with Gasteiger partial charge in [0.25, 0.3) is 5.69 Å². The van der Waals surface area contributed by atoms with Crippen molar-refractivity contribution in [1.29, 1.82) is 0 Å². The summed E-state index contributed by atoms with van der Waals surface area (Å²) in [6, 6.07) is 6.38. The van der Waals surface area contributed by atoms with Crippen molar-refractivity contribution in [3.05, 3.63) is 34.4 Å². The lowest BCUT2D eigenvalue weighted by Gasteiger charge is -2.14. The van der Waals surface area contributed by atoms with E-state index in [-0.39, 0.29) is 5.69 Å². The van der Waals surface area contributed by atoms with Gasteiger partial charge < -0.3 is 8.85 Å². The molecule has 1 aromatic carbocycles. The third-order valence-corrected chi connectivity index (χ3v) is 4.21. The van der Waals surface area contributed by atoms with Crippen LogP contribution in [0.4, 0.5) is 5.69 Å². The fourth-order valence-corrected chi connectivity index (χ4v) is 2.89. The van der Waals surface area contributed by atoms with Crippen molar-refractivity contribution >= 4 is 20.2 Å². The molecule has 0 N–H and O–H groups in total. The predicted molar refractivity (Wildman–Crippen MR) is 63.1 cm³/mol. The summed E-state index contributed by atoms with van der Waals surface area (Å²) in [6.07, 6.45) is 0. The van der Waals surface area contributed by atoms with Crippen LogP contribution in [0.15, 0.2) is 24.3 Å². The van der Waals surface area contributed by atoms with Crippen LogP contribution < -0.4 is 5.19 Å². The molecule has 0 aliphatic rings. The molecule has 0 atom stereocenters. The Labute approximate surface area is 96.0 Å². The van der Waals surface area contributed by atoms with Gasteiger partial charge in [-0.15, -0.1) is 0 Å². The highest BCUT2D eigenvalue weighted by Crippen LogP contribution is 2.07. The Balaban J connectivity index is 2.80. The second-order valence-electron chi connectivity index (χ2n) is 3.09. The van der Waals surface area contributed by atoms with Gasteiger partial charge in [0.1, 0.15) is 0 Å². The largest absolute Gasteiger partial charge is 0.394 e. The Morgan fingerprint density at radius 3 is 2.06 bits per heavy atom. The van der Waals surface area contributed by atoms with Crippen LogP contribution in [0.5, 0.6) is 0 Å². The molecule has 1 aromatic rings. The first-order chi connectivity index (χ1) is 7.69. The van der Waals surface area contributed by atoms with Crippen LogP contribution in [0.25, 0.3) is 0 Å². The highest BCUT2D eigenvalue weighted by molar-refractivity contribution is 6.61. The van der Waals surface area contributed by atoms with Gasteiger partial charge >= 0.3 is 9.28 Å². The van der Waals surface area contributed by atoms with Gasteiger partial charge in [-0.1, -0.05) is 12.1 Å². The quantitative estimate of drug-likeness (QED) is 0.425. The number of rotatable bonds is 6. The molecule has 0 aromatic heterocycles. The van der Waals surface area contributed by atoms with Gasteiger partial charge in [0, 0.05) is 25.3 Å². The van der Waals surface area contributed by atoms with Crippen molar-refractivity contribution in [2.24, 2.45) is 0 Å². The van der Waals surface area contributed by atoms with Crippen molar-refractivity contribution in [3.63, 3.8) is 0 Å². The van der Waals surface area contributed by atoms with Gasteiger partial charge in [0.05, 0.1) is 4.92 Å². The van der Waals surface area contributed by atoms with E-state index in [4.69, 9.17) is 8.85 Å². The molecule has 0 bridgehead atoms. The number of non-ortho nitro benzene ring substituents is 1. The van der Waals surface area contributed by atoms with E-state index in [2.05, 4.69) is 0 Å². The van der Waals surface area contributed by atoms with E-state index in [1.807, 2.05) is 13.8 Å². The molecule has 0 aliphatic heterocycles. The molecule has 5 nitrogen and oxygen atoms in total. The van der Waals surface area contributed by atoms with Gasteiger partial charge in [0.15, 0.2) is 0 Å². The molecular weight excluding hydrogens is 226 g/mol. The Morgan fingerprint density at radius 2 is 1.69 bits per heavy atom. The van der Waals surface area contributed by atoms with E-state index < -0.39 is 14.2 Å². The summed E-state index contributed by atoms with van der Waals surface area (Å²) in [5, 5.41) is 11.4. The van der Waals surface area contributed by atoms with Crippen LogP contribution >= 0.6 is 0 Å². The molecular formula is C10H15NO4Si. The molecule has 0 heterocycles. The molecule has 0 aliphatic carbocycles. The lowest BCUT2D eigenvalue weighted by atomic mass is 10.3. The van der Waals surface area contributed by atoms with E-state index in [1.54, 1.807) is 12.1 Å². The third-order valence-electron chi connectivity index (χ3n) is 2.01. The molecule has 0 saturated heterocycles. The Morgan fingerprint density at radius 1 is 1.19 bits per heavy atom. The minimum absolute atomic E-state index is 0.0875. The van der Waals surface area contributed by atoms with Crippen LogP contribution in [-0.4, -0.2) is 27.4 Å². The molecule has 0 spiro atoms. The number of nitrogens with zero attached hydrogens (tertiary/aromatic N) is 1. The first-order valence-corrected chi connectivity index (χ1v) is 6.68. The van der Waals surface area contributed by atoms with Crippen LogP contribution in [0.3, 0.4) is 0 Å². The summed E-state index contributed by atoms with van der Waals surface area (Å²) in [4.78, 5) is 10.1.